The monoisotopic (exact) mass is 212 g/mol. The van der Waals surface area contributed by atoms with Crippen molar-refractivity contribution in [3.8, 4) is 0 Å². The first kappa shape index (κ1) is 12.5. The van der Waals surface area contributed by atoms with Crippen LogP contribution in [0, 0.1) is 11.8 Å². The summed E-state index contributed by atoms with van der Waals surface area (Å²) in [5.41, 5.74) is 5.64. The third-order valence-corrected chi connectivity index (χ3v) is 3.60. The zero-order valence-corrected chi connectivity index (χ0v) is 10.0. The van der Waals surface area contributed by atoms with E-state index in [1.165, 1.54) is 0 Å². The highest BCUT2D eigenvalue weighted by atomic mass is 16.2. The van der Waals surface area contributed by atoms with Crippen molar-refractivity contribution >= 4 is 5.91 Å². The minimum atomic E-state index is 0.271. The number of carbonyl (C=O) groups is 1. The van der Waals surface area contributed by atoms with Crippen LogP contribution in [0.5, 0.6) is 0 Å². The van der Waals surface area contributed by atoms with E-state index in [2.05, 4.69) is 0 Å². The van der Waals surface area contributed by atoms with Gasteiger partial charge >= 0.3 is 0 Å². The molecule has 1 aliphatic rings. The predicted molar refractivity (Wildman–Crippen MR) is 62.4 cm³/mol. The van der Waals surface area contributed by atoms with E-state index >= 15 is 0 Å². The largest absolute Gasteiger partial charge is 0.343 e. The van der Waals surface area contributed by atoms with Crippen LogP contribution in [0.15, 0.2) is 0 Å². The van der Waals surface area contributed by atoms with Gasteiger partial charge in [-0.3, -0.25) is 4.79 Å². The molecule has 2 N–H and O–H groups in total. The van der Waals surface area contributed by atoms with E-state index in [9.17, 15) is 4.79 Å². The summed E-state index contributed by atoms with van der Waals surface area (Å²) in [4.78, 5) is 14.0. The quantitative estimate of drug-likeness (QED) is 0.769. The highest BCUT2D eigenvalue weighted by Gasteiger charge is 2.27. The zero-order chi connectivity index (χ0) is 11.3. The molecule has 0 aromatic carbocycles. The molecule has 3 nitrogen and oxygen atoms in total. The molecule has 0 aromatic heterocycles. The molecule has 1 aliphatic carbocycles. The molecule has 0 bridgehead atoms. The van der Waals surface area contributed by atoms with Crippen molar-refractivity contribution in [2.45, 2.75) is 39.5 Å². The second-order valence-electron chi connectivity index (χ2n) is 4.46. The van der Waals surface area contributed by atoms with E-state index in [4.69, 9.17) is 5.73 Å². The van der Waals surface area contributed by atoms with Crippen LogP contribution in [-0.4, -0.2) is 30.4 Å². The van der Waals surface area contributed by atoms with Gasteiger partial charge < -0.3 is 10.6 Å². The van der Waals surface area contributed by atoms with E-state index < -0.39 is 0 Å². The number of rotatable bonds is 4. The number of hydrogen-bond donors (Lipinski definition) is 1. The van der Waals surface area contributed by atoms with Crippen LogP contribution in [0.1, 0.15) is 39.5 Å². The Balaban J connectivity index is 2.42. The fourth-order valence-corrected chi connectivity index (χ4v) is 2.44. The Hall–Kier alpha value is -0.570. The molecule has 3 heteroatoms. The van der Waals surface area contributed by atoms with Gasteiger partial charge in [-0.1, -0.05) is 0 Å². The number of hydrogen-bond acceptors (Lipinski definition) is 2. The Morgan fingerprint density at radius 3 is 2.13 bits per heavy atom. The van der Waals surface area contributed by atoms with E-state index in [0.29, 0.717) is 11.8 Å². The molecule has 0 saturated heterocycles. The number of carbonyl (C=O) groups excluding carboxylic acids is 1. The van der Waals surface area contributed by atoms with E-state index in [0.717, 1.165) is 45.3 Å². The molecule has 1 amide bonds. The van der Waals surface area contributed by atoms with Gasteiger partial charge in [-0.15, -0.1) is 0 Å². The third kappa shape index (κ3) is 3.20. The molecule has 1 rings (SSSR count). The molecule has 0 aliphatic heterocycles. The zero-order valence-electron chi connectivity index (χ0n) is 10.0. The summed E-state index contributed by atoms with van der Waals surface area (Å²) in [5, 5.41) is 0. The van der Waals surface area contributed by atoms with E-state index in [1.807, 2.05) is 18.7 Å². The number of nitrogens with zero attached hydrogens (tertiary/aromatic N) is 1. The second-order valence-corrected chi connectivity index (χ2v) is 4.46. The van der Waals surface area contributed by atoms with Gasteiger partial charge in [-0.25, -0.2) is 0 Å². The van der Waals surface area contributed by atoms with Crippen LogP contribution in [0.25, 0.3) is 0 Å². The van der Waals surface area contributed by atoms with Crippen molar-refractivity contribution < 1.29 is 4.79 Å². The van der Waals surface area contributed by atoms with Crippen LogP contribution in [0.4, 0.5) is 0 Å². The lowest BCUT2D eigenvalue weighted by Crippen LogP contribution is -2.38. The predicted octanol–water partition coefficient (Wildman–Crippen LogP) is 1.62. The van der Waals surface area contributed by atoms with E-state index in [1.54, 1.807) is 0 Å². The van der Waals surface area contributed by atoms with Crippen LogP contribution in [-0.2, 0) is 4.79 Å². The van der Waals surface area contributed by atoms with Gasteiger partial charge in [0, 0.05) is 19.0 Å². The molecular formula is C12H24N2O. The van der Waals surface area contributed by atoms with E-state index in [-0.39, 0.29) is 5.92 Å². The minimum absolute atomic E-state index is 0.271. The lowest BCUT2D eigenvalue weighted by Gasteiger charge is -2.30. The Bertz CT molecular complexity index is 194. The topological polar surface area (TPSA) is 46.3 Å². The summed E-state index contributed by atoms with van der Waals surface area (Å²) >= 11 is 0. The maximum atomic E-state index is 12.1. The average Bonchev–Trinajstić information content (AvgIpc) is 2.30. The van der Waals surface area contributed by atoms with Gasteiger partial charge in [0.1, 0.15) is 0 Å². The summed E-state index contributed by atoms with van der Waals surface area (Å²) in [6, 6.07) is 0. The van der Waals surface area contributed by atoms with Crippen molar-refractivity contribution in [2.24, 2.45) is 17.6 Å². The van der Waals surface area contributed by atoms with Crippen LogP contribution < -0.4 is 5.73 Å². The standard InChI is InChI=1S/C12H24N2O/c1-3-14(4-2)12(15)11-7-5-10(9-13)6-8-11/h10-11H,3-9,13H2,1-2H3. The lowest BCUT2D eigenvalue weighted by atomic mass is 9.81. The van der Waals surface area contributed by atoms with Gasteiger partial charge in [0.2, 0.25) is 5.91 Å². The molecule has 0 heterocycles. The highest BCUT2D eigenvalue weighted by molar-refractivity contribution is 5.78. The highest BCUT2D eigenvalue weighted by Crippen LogP contribution is 2.29. The SMILES string of the molecule is CCN(CC)C(=O)C1CCC(CN)CC1. The Morgan fingerprint density at radius 1 is 1.20 bits per heavy atom. The second kappa shape index (κ2) is 6.11. The maximum Gasteiger partial charge on any atom is 0.225 e. The smallest absolute Gasteiger partial charge is 0.225 e. The molecular weight excluding hydrogens is 188 g/mol. The van der Waals surface area contributed by atoms with Crippen LogP contribution in [0.3, 0.4) is 0 Å². The first-order chi connectivity index (χ1) is 7.22. The van der Waals surface area contributed by atoms with Gasteiger partial charge in [-0.2, -0.15) is 0 Å². The van der Waals surface area contributed by atoms with Crippen molar-refractivity contribution in [1.82, 2.24) is 4.90 Å². The lowest BCUT2D eigenvalue weighted by molar-refractivity contribution is -0.136. The fourth-order valence-electron chi connectivity index (χ4n) is 2.44. The average molecular weight is 212 g/mol. The molecule has 15 heavy (non-hydrogen) atoms. The van der Waals surface area contributed by atoms with Crippen LogP contribution in [0.2, 0.25) is 0 Å². The Kier molecular flexibility index (Phi) is 5.09. The molecule has 0 radical (unpaired) electrons. The van der Waals surface area contributed by atoms with Gasteiger partial charge in [-0.05, 0) is 52.0 Å². The molecule has 0 aromatic rings. The third-order valence-electron chi connectivity index (χ3n) is 3.60. The van der Waals surface area contributed by atoms with Crippen molar-refractivity contribution in [2.75, 3.05) is 19.6 Å². The van der Waals surface area contributed by atoms with Gasteiger partial charge in [0.05, 0.1) is 0 Å². The summed E-state index contributed by atoms with van der Waals surface area (Å²) in [5.74, 6) is 1.29. The first-order valence-corrected chi connectivity index (χ1v) is 6.21. The van der Waals surface area contributed by atoms with Crippen molar-refractivity contribution in [3.05, 3.63) is 0 Å². The summed E-state index contributed by atoms with van der Waals surface area (Å²) in [6.45, 7) is 6.56. The van der Waals surface area contributed by atoms with Gasteiger partial charge in [0.15, 0.2) is 0 Å². The molecule has 0 unspecified atom stereocenters. The molecule has 0 spiro atoms. The van der Waals surface area contributed by atoms with Crippen molar-refractivity contribution in [3.63, 3.8) is 0 Å². The summed E-state index contributed by atoms with van der Waals surface area (Å²) in [7, 11) is 0. The van der Waals surface area contributed by atoms with Gasteiger partial charge in [0.25, 0.3) is 0 Å². The molecule has 88 valence electrons. The van der Waals surface area contributed by atoms with Crippen LogP contribution >= 0.6 is 0 Å². The maximum absolute atomic E-state index is 12.1. The Morgan fingerprint density at radius 2 is 1.73 bits per heavy atom. The normalized spacial score (nSPS) is 26.3. The number of amides is 1. The first-order valence-electron chi connectivity index (χ1n) is 6.21. The fraction of sp³-hybridized carbons (Fsp3) is 0.917. The molecule has 0 atom stereocenters. The molecule has 1 saturated carbocycles. The summed E-state index contributed by atoms with van der Waals surface area (Å²) in [6.07, 6.45) is 4.34. The summed E-state index contributed by atoms with van der Waals surface area (Å²) < 4.78 is 0. The number of nitrogens with two attached hydrogens (primary N) is 1. The molecule has 1 fully saturated rings. The van der Waals surface area contributed by atoms with Crippen molar-refractivity contribution in [1.29, 1.82) is 0 Å². The minimum Gasteiger partial charge on any atom is -0.343 e. The Labute approximate surface area is 93.0 Å².